The summed E-state index contributed by atoms with van der Waals surface area (Å²) in [5.41, 5.74) is -2.17. The molecule has 0 radical (unpaired) electrons. The van der Waals surface area contributed by atoms with Gasteiger partial charge >= 0.3 is 6.18 Å². The minimum absolute atomic E-state index is 0.0365. The lowest BCUT2D eigenvalue weighted by Gasteiger charge is -2.22. The summed E-state index contributed by atoms with van der Waals surface area (Å²) in [6, 6.07) is -0.388. The van der Waals surface area contributed by atoms with Crippen molar-refractivity contribution in [1.29, 1.82) is 0 Å². The fourth-order valence-corrected chi connectivity index (χ4v) is 3.95. The van der Waals surface area contributed by atoms with Crippen LogP contribution in [0.4, 0.5) is 13.2 Å². The van der Waals surface area contributed by atoms with E-state index in [9.17, 15) is 27.6 Å². The number of aromatic nitrogens is 2. The van der Waals surface area contributed by atoms with Gasteiger partial charge in [0, 0.05) is 32.0 Å². The van der Waals surface area contributed by atoms with Gasteiger partial charge in [-0.2, -0.15) is 18.3 Å². The second-order valence-corrected chi connectivity index (χ2v) is 8.70. The monoisotopic (exact) mass is 472 g/mol. The summed E-state index contributed by atoms with van der Waals surface area (Å²) >= 11 is 0. The van der Waals surface area contributed by atoms with Crippen LogP contribution in [0, 0.1) is 5.92 Å². The molecule has 0 saturated heterocycles. The molecule has 1 unspecified atom stereocenters. The number of hydrogen-bond donors (Lipinski definition) is 2. The molecule has 1 aromatic heterocycles. The average Bonchev–Trinajstić information content (AvgIpc) is 3.52. The topological polar surface area (TPSA) is 95.2 Å². The lowest BCUT2D eigenvalue weighted by atomic mass is 10.1. The molecule has 0 spiro atoms. The summed E-state index contributed by atoms with van der Waals surface area (Å²) in [5, 5.41) is 8.90. The van der Waals surface area contributed by atoms with E-state index in [1.54, 1.807) is 6.92 Å². The van der Waals surface area contributed by atoms with Gasteiger partial charge in [-0.3, -0.25) is 14.4 Å². The highest BCUT2D eigenvalue weighted by molar-refractivity contribution is 5.80. The van der Waals surface area contributed by atoms with Crippen molar-refractivity contribution in [1.82, 2.24) is 20.4 Å². The number of carbonyl (C=O) groups is 2. The molecule has 1 fully saturated rings. The maximum Gasteiger partial charge on any atom is 0.422 e. The molecule has 0 aromatic carbocycles. The van der Waals surface area contributed by atoms with Crippen LogP contribution in [0.3, 0.4) is 0 Å². The van der Waals surface area contributed by atoms with Gasteiger partial charge in [0.15, 0.2) is 0 Å². The van der Waals surface area contributed by atoms with Gasteiger partial charge in [-0.1, -0.05) is 20.3 Å². The molecule has 1 aromatic rings. The Hall–Kier alpha value is -2.23. The second kappa shape index (κ2) is 12.3. The number of carbonyl (C=O) groups excluding carboxylic acids is 2. The Morgan fingerprint density at radius 3 is 2.36 bits per heavy atom. The zero-order valence-electron chi connectivity index (χ0n) is 19.7. The molecule has 1 saturated carbocycles. The molecular formula is C23H35F3N4O3. The Balaban J connectivity index is 0.000000554. The number of ketones is 1. The fraction of sp³-hybridized carbons (Fsp3) is 0.739. The van der Waals surface area contributed by atoms with Crippen molar-refractivity contribution in [2.75, 3.05) is 19.6 Å². The maximum atomic E-state index is 13.1. The third-order valence-corrected chi connectivity index (χ3v) is 5.92. The minimum atomic E-state index is -4.70. The van der Waals surface area contributed by atoms with E-state index < -0.39 is 17.3 Å². The van der Waals surface area contributed by atoms with Crippen molar-refractivity contribution in [3.05, 3.63) is 27.2 Å². The number of rotatable bonds is 10. The molecule has 2 aliphatic rings. The Kier molecular flexibility index (Phi) is 10.1. The first kappa shape index (κ1) is 27.0. The Labute approximate surface area is 192 Å². The molecule has 1 heterocycles. The average molecular weight is 473 g/mol. The van der Waals surface area contributed by atoms with Crippen LogP contribution in [0.25, 0.3) is 0 Å². The number of alkyl halides is 3. The molecule has 3 rings (SSSR count). The molecule has 1 amide bonds. The molecule has 2 aliphatic carbocycles. The Morgan fingerprint density at radius 1 is 1.15 bits per heavy atom. The molecule has 0 aliphatic heterocycles. The first-order valence-electron chi connectivity index (χ1n) is 11.8. The van der Waals surface area contributed by atoms with E-state index in [-0.39, 0.29) is 36.0 Å². The van der Waals surface area contributed by atoms with Crippen molar-refractivity contribution in [3.63, 3.8) is 0 Å². The van der Waals surface area contributed by atoms with Crippen molar-refractivity contribution in [2.45, 2.75) is 84.4 Å². The van der Waals surface area contributed by atoms with Crippen LogP contribution in [-0.4, -0.2) is 46.4 Å². The van der Waals surface area contributed by atoms with Gasteiger partial charge in [0.25, 0.3) is 5.56 Å². The fourth-order valence-electron chi connectivity index (χ4n) is 3.95. The molecule has 10 heteroatoms. The third-order valence-electron chi connectivity index (χ3n) is 5.92. The standard InChI is InChI=1S/C18H27F3N4O2.C5H8O/c1-3-5-11-25(10-4-2)14(26)8-9-22-13-7-6-12-15(18(19,20)21)17(27)24-23-16(12)13;1-4(6)5-2-3-5/h13,22H,3-11H2,1-2H3,(H,24,27);5H,2-3H2,1H3. The van der Waals surface area contributed by atoms with E-state index in [4.69, 9.17) is 0 Å². The predicted octanol–water partition coefficient (Wildman–Crippen LogP) is 3.78. The predicted molar refractivity (Wildman–Crippen MR) is 119 cm³/mol. The second-order valence-electron chi connectivity index (χ2n) is 8.70. The van der Waals surface area contributed by atoms with Crippen LogP contribution in [0.15, 0.2) is 4.79 Å². The number of aromatic amines is 1. The molecule has 186 valence electrons. The summed E-state index contributed by atoms with van der Waals surface area (Å²) in [5.74, 6) is 0.876. The van der Waals surface area contributed by atoms with Crippen molar-refractivity contribution < 1.29 is 22.8 Å². The Bertz CT molecular complexity index is 865. The first-order valence-corrected chi connectivity index (χ1v) is 11.8. The number of halogens is 3. The van der Waals surface area contributed by atoms with Gasteiger partial charge < -0.3 is 10.2 Å². The SMILES string of the molecule is CC(=O)C1CC1.CCCCN(CCC)C(=O)CCNC1CCc2c1n[nH]c(=O)c2C(F)(F)F. The number of amides is 1. The zero-order chi connectivity index (χ0) is 24.6. The highest BCUT2D eigenvalue weighted by atomic mass is 19.4. The lowest BCUT2D eigenvalue weighted by Crippen LogP contribution is -2.35. The summed E-state index contributed by atoms with van der Waals surface area (Å²) in [7, 11) is 0. The number of unbranched alkanes of at least 4 members (excludes halogenated alkanes) is 1. The normalized spacial score (nSPS) is 17.2. The van der Waals surface area contributed by atoms with E-state index >= 15 is 0 Å². The van der Waals surface area contributed by atoms with Crippen molar-refractivity contribution in [3.8, 4) is 0 Å². The summed E-state index contributed by atoms with van der Waals surface area (Å²) in [6.07, 6.45) is 1.29. The highest BCUT2D eigenvalue weighted by Crippen LogP contribution is 2.37. The summed E-state index contributed by atoms with van der Waals surface area (Å²) < 4.78 is 39.4. The largest absolute Gasteiger partial charge is 0.422 e. The number of fused-ring (bicyclic) bond motifs is 1. The molecule has 33 heavy (non-hydrogen) atoms. The first-order chi connectivity index (χ1) is 15.6. The quantitative estimate of drug-likeness (QED) is 0.540. The minimum Gasteiger partial charge on any atom is -0.343 e. The number of H-pyrrole nitrogens is 1. The highest BCUT2D eigenvalue weighted by Gasteiger charge is 2.41. The number of hydrogen-bond acceptors (Lipinski definition) is 5. The summed E-state index contributed by atoms with van der Waals surface area (Å²) in [6.45, 7) is 7.55. The van der Waals surface area contributed by atoms with Gasteiger partial charge in [-0.15, -0.1) is 0 Å². The van der Waals surface area contributed by atoms with Gasteiger partial charge in [0.05, 0.1) is 11.7 Å². The van der Waals surface area contributed by atoms with Gasteiger partial charge in [-0.25, -0.2) is 5.10 Å². The lowest BCUT2D eigenvalue weighted by molar-refractivity contribution is -0.139. The van der Waals surface area contributed by atoms with Crippen molar-refractivity contribution in [2.24, 2.45) is 5.92 Å². The smallest absolute Gasteiger partial charge is 0.343 e. The number of nitrogens with zero attached hydrogens (tertiary/aromatic N) is 2. The van der Waals surface area contributed by atoms with Crippen LogP contribution >= 0.6 is 0 Å². The van der Waals surface area contributed by atoms with E-state index in [1.807, 2.05) is 16.9 Å². The van der Waals surface area contributed by atoms with Crippen LogP contribution in [-0.2, 0) is 22.2 Å². The van der Waals surface area contributed by atoms with Gasteiger partial charge in [-0.05, 0) is 51.0 Å². The molecular weight excluding hydrogens is 437 g/mol. The molecule has 1 atom stereocenters. The zero-order valence-corrected chi connectivity index (χ0v) is 19.7. The van der Waals surface area contributed by atoms with Gasteiger partial charge in [0.2, 0.25) is 5.91 Å². The van der Waals surface area contributed by atoms with E-state index in [1.165, 1.54) is 0 Å². The Morgan fingerprint density at radius 2 is 1.85 bits per heavy atom. The number of Topliss-reactive ketones (excluding diaryl/α,β-unsaturated/α-hetero) is 1. The van der Waals surface area contributed by atoms with E-state index in [0.717, 1.165) is 38.6 Å². The molecule has 7 nitrogen and oxygen atoms in total. The number of nitrogens with one attached hydrogen (secondary N) is 2. The summed E-state index contributed by atoms with van der Waals surface area (Å²) in [4.78, 5) is 36.0. The van der Waals surface area contributed by atoms with Crippen LogP contribution in [0.5, 0.6) is 0 Å². The van der Waals surface area contributed by atoms with Gasteiger partial charge in [0.1, 0.15) is 11.3 Å². The van der Waals surface area contributed by atoms with E-state index in [0.29, 0.717) is 31.2 Å². The van der Waals surface area contributed by atoms with Crippen molar-refractivity contribution >= 4 is 11.7 Å². The molecule has 2 N–H and O–H groups in total. The maximum absolute atomic E-state index is 13.1. The van der Waals surface area contributed by atoms with Crippen LogP contribution in [0.2, 0.25) is 0 Å². The third kappa shape index (κ3) is 7.94. The van der Waals surface area contributed by atoms with Crippen LogP contribution < -0.4 is 10.9 Å². The van der Waals surface area contributed by atoms with Crippen LogP contribution in [0.1, 0.15) is 88.6 Å². The van der Waals surface area contributed by atoms with E-state index in [2.05, 4.69) is 17.3 Å². The molecule has 0 bridgehead atoms.